The number of nitrogens with one attached hydrogen (secondary N) is 2. The van der Waals surface area contributed by atoms with Crippen molar-refractivity contribution in [3.05, 3.63) is 90.3 Å². The maximum Gasteiger partial charge on any atom is 0.283 e. The van der Waals surface area contributed by atoms with Crippen molar-refractivity contribution in [1.82, 2.24) is 4.98 Å². The van der Waals surface area contributed by atoms with E-state index in [0.717, 1.165) is 16.5 Å². The average Bonchev–Trinajstić information content (AvgIpc) is 3.51. The summed E-state index contributed by atoms with van der Waals surface area (Å²) in [5.74, 6) is 0.754. The zero-order valence-corrected chi connectivity index (χ0v) is 21.0. The third-order valence-corrected chi connectivity index (χ3v) is 6.66. The lowest BCUT2D eigenvalue weighted by Crippen LogP contribution is -2.31. The number of benzene rings is 3. The number of amidine groups is 1. The fraction of sp³-hybridized carbons (Fsp3) is 0.107. The smallest absolute Gasteiger partial charge is 0.283 e. The topological polar surface area (TPSA) is 96.0 Å². The molecule has 1 aliphatic heterocycles. The lowest BCUT2D eigenvalue weighted by Gasteiger charge is -2.17. The number of fused-ring (bicyclic) bond motifs is 1. The molecule has 0 bridgehead atoms. The van der Waals surface area contributed by atoms with Crippen molar-refractivity contribution in [3.8, 4) is 11.5 Å². The lowest BCUT2D eigenvalue weighted by atomic mass is 10.1. The molecule has 0 atom stereocenters. The Labute approximate surface area is 218 Å². The number of H-pyrrole nitrogens is 1. The minimum atomic E-state index is -0.277. The molecule has 186 valence electrons. The van der Waals surface area contributed by atoms with Gasteiger partial charge in [-0.1, -0.05) is 42.1 Å². The molecule has 0 unspecified atom stereocenters. The van der Waals surface area contributed by atoms with Crippen molar-refractivity contribution in [2.75, 3.05) is 30.2 Å². The maximum atomic E-state index is 13.4. The summed E-state index contributed by atoms with van der Waals surface area (Å²) < 4.78 is 10.7. The van der Waals surface area contributed by atoms with Crippen LogP contribution in [0.25, 0.3) is 17.0 Å². The van der Waals surface area contributed by atoms with Gasteiger partial charge in [-0.25, -0.2) is 4.99 Å². The molecule has 3 aromatic carbocycles. The van der Waals surface area contributed by atoms with Crippen LogP contribution in [-0.4, -0.2) is 41.9 Å². The highest BCUT2D eigenvalue weighted by Gasteiger charge is 2.32. The molecule has 8 nitrogen and oxygen atoms in total. The number of carbonyl (C=O) groups is 2. The summed E-state index contributed by atoms with van der Waals surface area (Å²) in [4.78, 5) is 35.4. The quantitative estimate of drug-likeness (QED) is 0.328. The summed E-state index contributed by atoms with van der Waals surface area (Å²) in [6, 6.07) is 22.3. The van der Waals surface area contributed by atoms with E-state index in [0.29, 0.717) is 28.0 Å². The Balaban J connectivity index is 1.37. The summed E-state index contributed by atoms with van der Waals surface area (Å²) in [7, 11) is 3.12. The second-order valence-electron chi connectivity index (χ2n) is 8.13. The van der Waals surface area contributed by atoms with Crippen LogP contribution in [0.2, 0.25) is 0 Å². The number of carbonyl (C=O) groups excluding carboxylic acids is 2. The van der Waals surface area contributed by atoms with Crippen LogP contribution in [0.1, 0.15) is 5.56 Å². The van der Waals surface area contributed by atoms with Crippen LogP contribution in [0.15, 0.2) is 89.7 Å². The average molecular weight is 513 g/mol. The number of ether oxygens (including phenoxy) is 2. The van der Waals surface area contributed by atoms with E-state index in [-0.39, 0.29) is 23.3 Å². The maximum absolute atomic E-state index is 13.4. The molecule has 1 aromatic heterocycles. The molecule has 5 rings (SSSR count). The first-order chi connectivity index (χ1) is 18.1. The predicted octanol–water partition coefficient (Wildman–Crippen LogP) is 5.30. The molecule has 2 N–H and O–H groups in total. The molecule has 37 heavy (non-hydrogen) atoms. The number of hydrogen-bond donors (Lipinski definition) is 2. The molecular formula is C28H24N4O4S. The first-order valence-electron chi connectivity index (χ1n) is 11.5. The number of rotatable bonds is 7. The normalized spacial score (nSPS) is 14.2. The monoisotopic (exact) mass is 512 g/mol. The van der Waals surface area contributed by atoms with Gasteiger partial charge in [-0.2, -0.15) is 0 Å². The highest BCUT2D eigenvalue weighted by Crippen LogP contribution is 2.32. The lowest BCUT2D eigenvalue weighted by molar-refractivity contribution is -0.114. The van der Waals surface area contributed by atoms with E-state index in [2.05, 4.69) is 15.3 Å². The Bertz CT molecular complexity index is 1530. The molecule has 1 aliphatic rings. The van der Waals surface area contributed by atoms with Crippen molar-refractivity contribution >= 4 is 57.1 Å². The third-order valence-electron chi connectivity index (χ3n) is 5.73. The van der Waals surface area contributed by atoms with Crippen LogP contribution < -0.4 is 19.7 Å². The van der Waals surface area contributed by atoms with Gasteiger partial charge in [0, 0.05) is 17.4 Å². The Morgan fingerprint density at radius 1 is 1.03 bits per heavy atom. The van der Waals surface area contributed by atoms with Gasteiger partial charge in [0.15, 0.2) is 16.7 Å². The van der Waals surface area contributed by atoms with E-state index >= 15 is 0 Å². The number of aliphatic imine (C=N–C) groups is 1. The minimum Gasteiger partial charge on any atom is -0.493 e. The fourth-order valence-electron chi connectivity index (χ4n) is 3.95. The summed E-state index contributed by atoms with van der Waals surface area (Å²) in [5.41, 5.74) is 3.31. The van der Waals surface area contributed by atoms with E-state index in [9.17, 15) is 9.59 Å². The molecule has 4 aromatic rings. The van der Waals surface area contributed by atoms with E-state index in [1.54, 1.807) is 32.4 Å². The number of aromatic nitrogens is 1. The summed E-state index contributed by atoms with van der Waals surface area (Å²) in [6.45, 7) is 0. The Morgan fingerprint density at radius 2 is 1.84 bits per heavy atom. The molecular weight excluding hydrogens is 488 g/mol. The van der Waals surface area contributed by atoms with E-state index < -0.39 is 0 Å². The van der Waals surface area contributed by atoms with Crippen molar-refractivity contribution in [2.24, 2.45) is 4.99 Å². The number of methoxy groups -OCH3 is 2. The van der Waals surface area contributed by atoms with Crippen LogP contribution in [-0.2, 0) is 9.59 Å². The SMILES string of the molecule is COc1ccc(/C=C2\N=C(SCC(=O)Nc3ccc4cc[nH]c4c3)N(c3ccccc3)C2=O)cc1OC. The summed E-state index contributed by atoms with van der Waals surface area (Å²) >= 11 is 1.20. The van der Waals surface area contributed by atoms with Crippen LogP contribution in [0.5, 0.6) is 11.5 Å². The number of nitrogens with zero attached hydrogens (tertiary/aromatic N) is 2. The van der Waals surface area contributed by atoms with Crippen molar-refractivity contribution in [3.63, 3.8) is 0 Å². The molecule has 0 saturated heterocycles. The molecule has 0 fully saturated rings. The van der Waals surface area contributed by atoms with E-state index in [1.165, 1.54) is 16.7 Å². The van der Waals surface area contributed by atoms with Crippen molar-refractivity contribution in [1.29, 1.82) is 0 Å². The fourth-order valence-corrected chi connectivity index (χ4v) is 4.76. The predicted molar refractivity (Wildman–Crippen MR) is 148 cm³/mol. The first-order valence-corrected chi connectivity index (χ1v) is 12.5. The molecule has 2 heterocycles. The van der Waals surface area contributed by atoms with Gasteiger partial charge in [-0.3, -0.25) is 14.5 Å². The second kappa shape index (κ2) is 10.6. The van der Waals surface area contributed by atoms with Gasteiger partial charge < -0.3 is 19.8 Å². The zero-order chi connectivity index (χ0) is 25.8. The molecule has 0 saturated carbocycles. The molecule has 0 aliphatic carbocycles. The van der Waals surface area contributed by atoms with Gasteiger partial charge in [0.05, 0.1) is 25.7 Å². The number of amides is 2. The van der Waals surface area contributed by atoms with E-state index in [1.807, 2.05) is 66.9 Å². The molecule has 0 radical (unpaired) electrons. The Morgan fingerprint density at radius 3 is 2.62 bits per heavy atom. The van der Waals surface area contributed by atoms with Gasteiger partial charge in [-0.15, -0.1) is 0 Å². The third kappa shape index (κ3) is 5.22. The van der Waals surface area contributed by atoms with Crippen LogP contribution in [0.3, 0.4) is 0 Å². The summed E-state index contributed by atoms with van der Waals surface area (Å²) in [6.07, 6.45) is 3.55. The van der Waals surface area contributed by atoms with Crippen LogP contribution in [0, 0.1) is 0 Å². The number of aromatic amines is 1. The minimum absolute atomic E-state index is 0.0852. The van der Waals surface area contributed by atoms with Gasteiger partial charge in [0.1, 0.15) is 5.70 Å². The Hall–Kier alpha value is -4.50. The molecule has 2 amide bonds. The van der Waals surface area contributed by atoms with Gasteiger partial charge in [0.2, 0.25) is 5.91 Å². The van der Waals surface area contributed by atoms with Gasteiger partial charge in [-0.05, 0) is 59.5 Å². The van der Waals surface area contributed by atoms with Crippen molar-refractivity contribution < 1.29 is 19.1 Å². The first kappa shape index (κ1) is 24.2. The molecule has 0 spiro atoms. The number of thioether (sulfide) groups is 1. The number of hydrogen-bond acceptors (Lipinski definition) is 6. The summed E-state index contributed by atoms with van der Waals surface area (Å²) in [5, 5.41) is 4.41. The van der Waals surface area contributed by atoms with Crippen molar-refractivity contribution in [2.45, 2.75) is 0 Å². The van der Waals surface area contributed by atoms with Gasteiger partial charge >= 0.3 is 0 Å². The zero-order valence-electron chi connectivity index (χ0n) is 20.2. The van der Waals surface area contributed by atoms with Gasteiger partial charge in [0.25, 0.3) is 5.91 Å². The van der Waals surface area contributed by atoms with Crippen LogP contribution >= 0.6 is 11.8 Å². The highest BCUT2D eigenvalue weighted by molar-refractivity contribution is 8.14. The van der Waals surface area contributed by atoms with E-state index in [4.69, 9.17) is 9.47 Å². The Kier molecular flexibility index (Phi) is 6.96. The van der Waals surface area contributed by atoms with Crippen LogP contribution in [0.4, 0.5) is 11.4 Å². The largest absolute Gasteiger partial charge is 0.493 e. The second-order valence-corrected chi connectivity index (χ2v) is 9.07. The molecule has 9 heteroatoms. The standard InChI is InChI=1S/C28H24N4O4S/c1-35-24-11-8-18(15-25(24)36-2)14-23-27(34)32(21-6-4-3-5-7-21)28(31-23)37-17-26(33)30-20-10-9-19-12-13-29-22(19)16-20/h3-16,29H,17H2,1-2H3,(H,30,33)/b23-14-. The number of para-hydroxylation sites is 1. The highest BCUT2D eigenvalue weighted by atomic mass is 32.2. The number of anilines is 2.